The molecule has 1 aliphatic carbocycles. The van der Waals surface area contributed by atoms with Crippen LogP contribution in [-0.2, 0) is 6.54 Å². The largest absolute Gasteiger partial charge is 0.373 e. The van der Waals surface area contributed by atoms with E-state index in [-0.39, 0.29) is 0 Å². The molecule has 0 aliphatic heterocycles. The van der Waals surface area contributed by atoms with E-state index in [1.54, 1.807) is 0 Å². The van der Waals surface area contributed by atoms with Crippen LogP contribution in [0.4, 0.5) is 5.69 Å². The van der Waals surface area contributed by atoms with Gasteiger partial charge in [0, 0.05) is 20.1 Å². The van der Waals surface area contributed by atoms with Gasteiger partial charge < -0.3 is 10.2 Å². The minimum absolute atomic E-state index is 0.868. The summed E-state index contributed by atoms with van der Waals surface area (Å²) in [4.78, 5) is 2.30. The van der Waals surface area contributed by atoms with Gasteiger partial charge in [-0.3, -0.25) is 0 Å². The van der Waals surface area contributed by atoms with E-state index < -0.39 is 0 Å². The van der Waals surface area contributed by atoms with Crippen molar-refractivity contribution in [2.45, 2.75) is 39.2 Å². The Morgan fingerprint density at radius 1 is 1.37 bits per heavy atom. The van der Waals surface area contributed by atoms with E-state index in [1.807, 2.05) is 0 Å². The second kappa shape index (κ2) is 7.16. The van der Waals surface area contributed by atoms with Gasteiger partial charge >= 0.3 is 0 Å². The van der Waals surface area contributed by atoms with Crippen LogP contribution in [0.1, 0.15) is 38.2 Å². The van der Waals surface area contributed by atoms with Crippen molar-refractivity contribution in [2.24, 2.45) is 5.92 Å². The molecule has 1 aromatic carbocycles. The first-order valence-electron chi connectivity index (χ1n) is 7.41. The van der Waals surface area contributed by atoms with Crippen molar-refractivity contribution in [1.82, 2.24) is 5.32 Å². The highest BCUT2D eigenvalue weighted by Crippen LogP contribution is 2.31. The average Bonchev–Trinajstić information content (AvgIpc) is 2.34. The molecule has 0 aromatic heterocycles. The van der Waals surface area contributed by atoms with Gasteiger partial charge in [0.05, 0.1) is 10.7 Å². The molecular formula is C16H25ClN2. The van der Waals surface area contributed by atoms with Crippen molar-refractivity contribution in [3.05, 3.63) is 28.8 Å². The Hall–Kier alpha value is -0.730. The number of hydrogen-bond acceptors (Lipinski definition) is 2. The molecular weight excluding hydrogens is 256 g/mol. The summed E-state index contributed by atoms with van der Waals surface area (Å²) < 4.78 is 0. The average molecular weight is 281 g/mol. The third-order valence-electron chi connectivity index (χ3n) is 3.94. The lowest BCUT2D eigenvalue weighted by molar-refractivity contribution is 0.321. The number of nitrogens with one attached hydrogen (secondary N) is 1. The fourth-order valence-corrected chi connectivity index (χ4v) is 2.89. The molecule has 0 radical (unpaired) electrons. The molecule has 1 aromatic rings. The molecule has 1 saturated carbocycles. The first kappa shape index (κ1) is 14.7. The molecule has 0 amide bonds. The molecule has 106 valence electrons. The topological polar surface area (TPSA) is 15.3 Å². The standard InChI is InChI=1S/C16H25ClN2/c1-3-9-18-11-14-7-8-16(15(17)10-14)19(2)12-13-5-4-6-13/h7-8,10,13,18H,3-6,9,11-12H2,1-2H3. The first-order valence-corrected chi connectivity index (χ1v) is 7.78. The molecule has 0 bridgehead atoms. The van der Waals surface area contributed by atoms with Crippen LogP contribution in [0.25, 0.3) is 0 Å². The van der Waals surface area contributed by atoms with E-state index in [0.717, 1.165) is 42.7 Å². The Labute approximate surface area is 122 Å². The van der Waals surface area contributed by atoms with Crippen LogP contribution in [0.5, 0.6) is 0 Å². The molecule has 1 N–H and O–H groups in total. The van der Waals surface area contributed by atoms with Crippen molar-refractivity contribution in [1.29, 1.82) is 0 Å². The van der Waals surface area contributed by atoms with Crippen molar-refractivity contribution >= 4 is 17.3 Å². The maximum atomic E-state index is 6.41. The summed E-state index contributed by atoms with van der Waals surface area (Å²) in [5.74, 6) is 0.868. The summed E-state index contributed by atoms with van der Waals surface area (Å²) in [5, 5.41) is 4.28. The Balaban J connectivity index is 1.93. The predicted molar refractivity (Wildman–Crippen MR) is 84.1 cm³/mol. The zero-order valence-electron chi connectivity index (χ0n) is 12.1. The SMILES string of the molecule is CCCNCc1ccc(N(C)CC2CCC2)c(Cl)c1. The quantitative estimate of drug-likeness (QED) is 0.757. The number of benzene rings is 1. The Kier molecular flexibility index (Phi) is 5.53. The highest BCUT2D eigenvalue weighted by atomic mass is 35.5. The zero-order chi connectivity index (χ0) is 13.7. The fraction of sp³-hybridized carbons (Fsp3) is 0.625. The van der Waals surface area contributed by atoms with Crippen LogP contribution in [0.3, 0.4) is 0 Å². The van der Waals surface area contributed by atoms with Gasteiger partial charge in [-0.15, -0.1) is 0 Å². The van der Waals surface area contributed by atoms with Crippen LogP contribution >= 0.6 is 11.6 Å². The van der Waals surface area contributed by atoms with Gasteiger partial charge in [0.15, 0.2) is 0 Å². The van der Waals surface area contributed by atoms with E-state index in [9.17, 15) is 0 Å². The predicted octanol–water partition coefficient (Wildman–Crippen LogP) is 4.08. The highest BCUT2D eigenvalue weighted by molar-refractivity contribution is 6.33. The first-order chi connectivity index (χ1) is 9.20. The third kappa shape index (κ3) is 4.12. The normalized spacial score (nSPS) is 15.3. The molecule has 19 heavy (non-hydrogen) atoms. The van der Waals surface area contributed by atoms with Crippen molar-refractivity contribution < 1.29 is 0 Å². The lowest BCUT2D eigenvalue weighted by Gasteiger charge is -2.31. The maximum absolute atomic E-state index is 6.41. The highest BCUT2D eigenvalue weighted by Gasteiger charge is 2.20. The zero-order valence-corrected chi connectivity index (χ0v) is 12.8. The second-order valence-corrected chi connectivity index (χ2v) is 6.05. The molecule has 1 fully saturated rings. The van der Waals surface area contributed by atoms with Crippen molar-refractivity contribution in [3.63, 3.8) is 0 Å². The second-order valence-electron chi connectivity index (χ2n) is 5.64. The summed E-state index contributed by atoms with van der Waals surface area (Å²) in [7, 11) is 2.15. The summed E-state index contributed by atoms with van der Waals surface area (Å²) in [6.45, 7) is 5.27. The number of rotatable bonds is 7. The molecule has 3 heteroatoms. The van der Waals surface area contributed by atoms with Crippen molar-refractivity contribution in [2.75, 3.05) is 25.0 Å². The van der Waals surface area contributed by atoms with Crippen LogP contribution in [0.15, 0.2) is 18.2 Å². The minimum Gasteiger partial charge on any atom is -0.373 e. The monoisotopic (exact) mass is 280 g/mol. The van der Waals surface area contributed by atoms with Gasteiger partial charge in [-0.1, -0.05) is 31.0 Å². The molecule has 2 nitrogen and oxygen atoms in total. The smallest absolute Gasteiger partial charge is 0.0642 e. The Morgan fingerprint density at radius 3 is 2.74 bits per heavy atom. The number of anilines is 1. The van der Waals surface area contributed by atoms with E-state index >= 15 is 0 Å². The fourth-order valence-electron chi connectivity index (χ4n) is 2.54. The number of hydrogen-bond donors (Lipinski definition) is 1. The van der Waals surface area contributed by atoms with E-state index in [4.69, 9.17) is 11.6 Å². The molecule has 0 unspecified atom stereocenters. The number of nitrogens with zero attached hydrogens (tertiary/aromatic N) is 1. The van der Waals surface area contributed by atoms with Crippen LogP contribution in [-0.4, -0.2) is 20.1 Å². The Morgan fingerprint density at radius 2 is 2.16 bits per heavy atom. The Bertz CT molecular complexity index is 402. The summed E-state index contributed by atoms with van der Waals surface area (Å²) in [6.07, 6.45) is 5.31. The molecule has 0 spiro atoms. The van der Waals surface area contributed by atoms with Crippen molar-refractivity contribution in [3.8, 4) is 0 Å². The molecule has 0 heterocycles. The third-order valence-corrected chi connectivity index (χ3v) is 4.24. The van der Waals surface area contributed by atoms with Gasteiger partial charge in [0.1, 0.15) is 0 Å². The molecule has 0 saturated heterocycles. The van der Waals surface area contributed by atoms with Gasteiger partial charge in [-0.05, 0) is 49.4 Å². The molecule has 2 rings (SSSR count). The number of halogens is 1. The van der Waals surface area contributed by atoms with Gasteiger partial charge in [-0.2, -0.15) is 0 Å². The van der Waals surface area contributed by atoms with Crippen LogP contribution < -0.4 is 10.2 Å². The lowest BCUT2D eigenvalue weighted by atomic mass is 9.85. The van der Waals surface area contributed by atoms with Gasteiger partial charge in [-0.25, -0.2) is 0 Å². The van der Waals surface area contributed by atoms with E-state index in [0.29, 0.717) is 0 Å². The van der Waals surface area contributed by atoms with E-state index in [1.165, 1.54) is 24.8 Å². The maximum Gasteiger partial charge on any atom is 0.0642 e. The van der Waals surface area contributed by atoms with Crippen LogP contribution in [0.2, 0.25) is 5.02 Å². The van der Waals surface area contributed by atoms with Gasteiger partial charge in [0.25, 0.3) is 0 Å². The van der Waals surface area contributed by atoms with E-state index in [2.05, 4.69) is 42.4 Å². The lowest BCUT2D eigenvalue weighted by Crippen LogP contribution is -2.29. The van der Waals surface area contributed by atoms with Gasteiger partial charge in [0.2, 0.25) is 0 Å². The summed E-state index contributed by atoms with van der Waals surface area (Å²) in [5.41, 5.74) is 2.42. The van der Waals surface area contributed by atoms with Crippen LogP contribution in [0, 0.1) is 5.92 Å². The molecule has 0 atom stereocenters. The minimum atomic E-state index is 0.868. The summed E-state index contributed by atoms with van der Waals surface area (Å²) in [6, 6.07) is 6.43. The summed E-state index contributed by atoms with van der Waals surface area (Å²) >= 11 is 6.41. The molecule has 1 aliphatic rings.